The number of fused-ring (bicyclic) bond motifs is 1. The number of carbonyl (C=O) groups excluding carboxylic acids is 1. The molecule has 2 aromatic carbocycles. The highest BCUT2D eigenvalue weighted by molar-refractivity contribution is 5.85. The van der Waals surface area contributed by atoms with Crippen LogP contribution in [-0.2, 0) is 11.2 Å². The van der Waals surface area contributed by atoms with Crippen LogP contribution in [0.1, 0.15) is 5.56 Å². The highest BCUT2D eigenvalue weighted by Gasteiger charge is 2.12. The molecule has 130 valence electrons. The highest BCUT2D eigenvalue weighted by atomic mass is 16.5. The largest absolute Gasteiger partial charge is 0.493 e. The van der Waals surface area contributed by atoms with E-state index >= 15 is 0 Å². The SMILES string of the molecule is COc1ccc(-c2cc3cc(CC(=O)N(C)C)ccc3o2)cc1OC. The highest BCUT2D eigenvalue weighted by Crippen LogP contribution is 2.35. The first-order valence-corrected chi connectivity index (χ1v) is 7.97. The molecule has 3 aromatic rings. The quantitative estimate of drug-likeness (QED) is 0.710. The average molecular weight is 339 g/mol. The van der Waals surface area contributed by atoms with E-state index in [2.05, 4.69) is 0 Å². The monoisotopic (exact) mass is 339 g/mol. The van der Waals surface area contributed by atoms with E-state index in [1.54, 1.807) is 33.2 Å². The van der Waals surface area contributed by atoms with Crippen LogP contribution in [0.25, 0.3) is 22.3 Å². The van der Waals surface area contributed by atoms with Gasteiger partial charge >= 0.3 is 0 Å². The fraction of sp³-hybridized carbons (Fsp3) is 0.250. The van der Waals surface area contributed by atoms with Crippen molar-refractivity contribution in [2.24, 2.45) is 0 Å². The van der Waals surface area contributed by atoms with Gasteiger partial charge < -0.3 is 18.8 Å². The van der Waals surface area contributed by atoms with Crippen LogP contribution in [0.15, 0.2) is 46.9 Å². The molecule has 1 heterocycles. The minimum Gasteiger partial charge on any atom is -0.493 e. The van der Waals surface area contributed by atoms with Crippen LogP contribution in [-0.4, -0.2) is 39.1 Å². The third kappa shape index (κ3) is 3.45. The van der Waals surface area contributed by atoms with Crippen LogP contribution in [0.5, 0.6) is 11.5 Å². The lowest BCUT2D eigenvalue weighted by atomic mass is 10.1. The molecular formula is C20H21NO4. The third-order valence-corrected chi connectivity index (χ3v) is 4.10. The normalized spacial score (nSPS) is 10.7. The third-order valence-electron chi connectivity index (χ3n) is 4.10. The molecule has 0 saturated carbocycles. The van der Waals surface area contributed by atoms with E-state index in [1.807, 2.05) is 42.5 Å². The molecule has 1 aromatic heterocycles. The van der Waals surface area contributed by atoms with Gasteiger partial charge in [-0.2, -0.15) is 0 Å². The minimum atomic E-state index is 0.0722. The number of carbonyl (C=O) groups is 1. The summed E-state index contributed by atoms with van der Waals surface area (Å²) in [4.78, 5) is 13.5. The number of benzene rings is 2. The van der Waals surface area contributed by atoms with E-state index in [-0.39, 0.29) is 5.91 Å². The van der Waals surface area contributed by atoms with Crippen molar-refractivity contribution in [3.63, 3.8) is 0 Å². The van der Waals surface area contributed by atoms with Gasteiger partial charge in [-0.25, -0.2) is 0 Å². The molecule has 25 heavy (non-hydrogen) atoms. The number of ether oxygens (including phenoxy) is 2. The zero-order chi connectivity index (χ0) is 18.0. The first kappa shape index (κ1) is 16.9. The Hall–Kier alpha value is -2.95. The maximum Gasteiger partial charge on any atom is 0.226 e. The van der Waals surface area contributed by atoms with Gasteiger partial charge in [0.1, 0.15) is 11.3 Å². The molecule has 1 amide bonds. The predicted molar refractivity (Wildman–Crippen MR) is 97.2 cm³/mol. The first-order chi connectivity index (χ1) is 12.0. The van der Waals surface area contributed by atoms with E-state index in [0.29, 0.717) is 17.9 Å². The molecule has 3 rings (SSSR count). The molecule has 0 bridgehead atoms. The summed E-state index contributed by atoms with van der Waals surface area (Å²) in [6.45, 7) is 0. The smallest absolute Gasteiger partial charge is 0.226 e. The number of likely N-dealkylation sites (N-methyl/N-ethyl adjacent to an activating group) is 1. The van der Waals surface area contributed by atoms with E-state index in [0.717, 1.165) is 27.9 Å². The van der Waals surface area contributed by atoms with Crippen molar-refractivity contribution in [1.29, 1.82) is 0 Å². The molecule has 0 N–H and O–H groups in total. The lowest BCUT2D eigenvalue weighted by Gasteiger charge is -2.09. The van der Waals surface area contributed by atoms with Gasteiger partial charge in [-0.05, 0) is 42.0 Å². The number of furan rings is 1. The maximum atomic E-state index is 11.9. The summed E-state index contributed by atoms with van der Waals surface area (Å²) in [6.07, 6.45) is 0.375. The second-order valence-corrected chi connectivity index (χ2v) is 6.02. The van der Waals surface area contributed by atoms with Crippen LogP contribution in [0.2, 0.25) is 0 Å². The van der Waals surface area contributed by atoms with Crippen molar-refractivity contribution >= 4 is 16.9 Å². The Morgan fingerprint density at radius 1 is 1.00 bits per heavy atom. The molecule has 0 aliphatic carbocycles. The summed E-state index contributed by atoms with van der Waals surface area (Å²) in [5, 5.41) is 0.967. The summed E-state index contributed by atoms with van der Waals surface area (Å²) in [6, 6.07) is 13.4. The fourth-order valence-electron chi connectivity index (χ4n) is 2.67. The number of amides is 1. The van der Waals surface area contributed by atoms with Crippen molar-refractivity contribution in [2.75, 3.05) is 28.3 Å². The number of methoxy groups -OCH3 is 2. The fourth-order valence-corrected chi connectivity index (χ4v) is 2.67. The summed E-state index contributed by atoms with van der Waals surface area (Å²) in [7, 11) is 6.73. The Bertz CT molecular complexity index is 911. The van der Waals surface area contributed by atoms with Crippen molar-refractivity contribution in [2.45, 2.75) is 6.42 Å². The molecular weight excluding hydrogens is 318 g/mol. The van der Waals surface area contributed by atoms with Gasteiger partial charge in [-0.3, -0.25) is 4.79 Å². The minimum absolute atomic E-state index is 0.0722. The Morgan fingerprint density at radius 2 is 1.76 bits per heavy atom. The van der Waals surface area contributed by atoms with E-state index in [9.17, 15) is 4.79 Å². The van der Waals surface area contributed by atoms with Crippen LogP contribution in [0.4, 0.5) is 0 Å². The van der Waals surface area contributed by atoms with E-state index in [1.165, 1.54) is 0 Å². The summed E-state index contributed by atoms with van der Waals surface area (Å²) in [5.74, 6) is 2.14. The topological polar surface area (TPSA) is 51.9 Å². The first-order valence-electron chi connectivity index (χ1n) is 7.97. The zero-order valence-corrected chi connectivity index (χ0v) is 14.8. The lowest BCUT2D eigenvalue weighted by molar-refractivity contribution is -0.127. The molecule has 0 aliphatic rings. The summed E-state index contributed by atoms with van der Waals surface area (Å²) >= 11 is 0. The second kappa shape index (κ2) is 6.89. The van der Waals surface area contributed by atoms with Crippen LogP contribution in [0.3, 0.4) is 0 Å². The number of rotatable bonds is 5. The van der Waals surface area contributed by atoms with Crippen LogP contribution in [0, 0.1) is 0 Å². The predicted octanol–water partition coefficient (Wildman–Crippen LogP) is 3.75. The molecule has 0 saturated heterocycles. The van der Waals surface area contributed by atoms with Crippen molar-refractivity contribution in [3.05, 3.63) is 48.0 Å². The molecule has 0 radical (unpaired) electrons. The molecule has 0 aliphatic heterocycles. The van der Waals surface area contributed by atoms with Gasteiger partial charge in [0.25, 0.3) is 0 Å². The van der Waals surface area contributed by atoms with Gasteiger partial charge in [0.05, 0.1) is 20.6 Å². The lowest BCUT2D eigenvalue weighted by Crippen LogP contribution is -2.23. The van der Waals surface area contributed by atoms with E-state index < -0.39 is 0 Å². The molecule has 0 atom stereocenters. The second-order valence-electron chi connectivity index (χ2n) is 6.02. The zero-order valence-electron chi connectivity index (χ0n) is 14.8. The van der Waals surface area contributed by atoms with Crippen molar-refractivity contribution in [1.82, 2.24) is 4.90 Å². The summed E-state index contributed by atoms with van der Waals surface area (Å²) < 4.78 is 16.6. The Morgan fingerprint density at radius 3 is 2.44 bits per heavy atom. The Kier molecular flexibility index (Phi) is 4.65. The van der Waals surface area contributed by atoms with Gasteiger partial charge in [0, 0.05) is 25.0 Å². The van der Waals surface area contributed by atoms with Crippen molar-refractivity contribution in [3.8, 4) is 22.8 Å². The Balaban J connectivity index is 1.95. The molecule has 0 fully saturated rings. The van der Waals surface area contributed by atoms with Gasteiger partial charge in [0.15, 0.2) is 11.5 Å². The molecule has 5 heteroatoms. The maximum absolute atomic E-state index is 11.9. The van der Waals surface area contributed by atoms with Crippen LogP contribution < -0.4 is 9.47 Å². The number of hydrogen-bond acceptors (Lipinski definition) is 4. The van der Waals surface area contributed by atoms with Crippen molar-refractivity contribution < 1.29 is 18.7 Å². The number of nitrogens with zero attached hydrogens (tertiary/aromatic N) is 1. The van der Waals surface area contributed by atoms with Crippen LogP contribution >= 0.6 is 0 Å². The summed E-state index contributed by atoms with van der Waals surface area (Å²) in [5.41, 5.74) is 2.65. The van der Waals surface area contributed by atoms with Gasteiger partial charge in [0.2, 0.25) is 5.91 Å². The average Bonchev–Trinajstić information content (AvgIpc) is 3.04. The van der Waals surface area contributed by atoms with Gasteiger partial charge in [-0.1, -0.05) is 6.07 Å². The van der Waals surface area contributed by atoms with Gasteiger partial charge in [-0.15, -0.1) is 0 Å². The Labute approximate surface area is 146 Å². The molecule has 0 unspecified atom stereocenters. The number of hydrogen-bond donors (Lipinski definition) is 0. The molecule has 5 nitrogen and oxygen atoms in total. The molecule has 0 spiro atoms. The van der Waals surface area contributed by atoms with E-state index in [4.69, 9.17) is 13.9 Å². The standard InChI is InChI=1S/C20H21NO4/c1-21(2)20(22)10-13-5-7-16-15(9-13)12-18(25-16)14-6-8-17(23-3)19(11-14)24-4/h5-9,11-12H,10H2,1-4H3.